The van der Waals surface area contributed by atoms with Gasteiger partial charge in [-0.25, -0.2) is 4.98 Å². The molecular weight excluding hydrogens is 208 g/mol. The molecule has 0 aromatic carbocycles. The van der Waals surface area contributed by atoms with Crippen molar-refractivity contribution in [3.63, 3.8) is 0 Å². The number of hydrogen-bond acceptors (Lipinski definition) is 3. The van der Waals surface area contributed by atoms with Crippen LogP contribution in [0.2, 0.25) is 0 Å². The number of aliphatic carboxylic acids is 1. The maximum Gasteiger partial charge on any atom is 0.306 e. The predicted octanol–water partition coefficient (Wildman–Crippen LogP) is 1.52. The van der Waals surface area contributed by atoms with Crippen LogP contribution in [0.1, 0.15) is 19.8 Å². The van der Waals surface area contributed by atoms with Crippen LogP contribution in [0.5, 0.6) is 0 Å². The van der Waals surface area contributed by atoms with Gasteiger partial charge in [-0.05, 0) is 18.6 Å². The minimum absolute atomic E-state index is 0.185. The number of rotatable bonds is 5. The molecule has 0 aliphatic rings. The van der Waals surface area contributed by atoms with Gasteiger partial charge in [0, 0.05) is 12.6 Å². The lowest BCUT2D eigenvalue weighted by atomic mass is 10.1. The lowest BCUT2D eigenvalue weighted by Gasteiger charge is -2.06. The molecule has 0 saturated heterocycles. The molecule has 1 atom stereocenters. The number of carbonyl (C=O) groups excluding carboxylic acids is 1. The van der Waals surface area contributed by atoms with E-state index in [-0.39, 0.29) is 12.3 Å². The summed E-state index contributed by atoms with van der Waals surface area (Å²) >= 11 is 0. The number of pyridine rings is 1. The van der Waals surface area contributed by atoms with Gasteiger partial charge in [0.2, 0.25) is 5.91 Å². The van der Waals surface area contributed by atoms with Crippen molar-refractivity contribution >= 4 is 17.7 Å². The Morgan fingerprint density at radius 1 is 1.50 bits per heavy atom. The van der Waals surface area contributed by atoms with E-state index in [0.717, 1.165) is 0 Å². The van der Waals surface area contributed by atoms with E-state index in [1.807, 2.05) is 0 Å². The summed E-state index contributed by atoms with van der Waals surface area (Å²) in [7, 11) is 0. The minimum atomic E-state index is -0.884. The zero-order valence-electron chi connectivity index (χ0n) is 9.01. The molecule has 1 rings (SSSR count). The monoisotopic (exact) mass is 222 g/mol. The predicted molar refractivity (Wildman–Crippen MR) is 58.9 cm³/mol. The van der Waals surface area contributed by atoms with E-state index in [2.05, 4.69) is 10.3 Å². The molecule has 0 spiro atoms. The molecule has 0 unspecified atom stereocenters. The van der Waals surface area contributed by atoms with Crippen LogP contribution < -0.4 is 5.32 Å². The third kappa shape index (κ3) is 4.08. The molecule has 0 radical (unpaired) electrons. The van der Waals surface area contributed by atoms with Crippen LogP contribution in [0.25, 0.3) is 0 Å². The zero-order chi connectivity index (χ0) is 12.0. The number of anilines is 1. The van der Waals surface area contributed by atoms with Crippen molar-refractivity contribution in [1.82, 2.24) is 4.98 Å². The van der Waals surface area contributed by atoms with Gasteiger partial charge in [0.1, 0.15) is 5.82 Å². The lowest BCUT2D eigenvalue weighted by Crippen LogP contribution is -2.16. The number of carbonyl (C=O) groups is 2. The summed E-state index contributed by atoms with van der Waals surface area (Å²) in [6.07, 6.45) is 2.09. The smallest absolute Gasteiger partial charge is 0.306 e. The summed E-state index contributed by atoms with van der Waals surface area (Å²) < 4.78 is 0. The molecule has 1 aromatic rings. The van der Waals surface area contributed by atoms with Crippen molar-refractivity contribution in [3.8, 4) is 0 Å². The van der Waals surface area contributed by atoms with Crippen molar-refractivity contribution in [1.29, 1.82) is 0 Å². The Kier molecular flexibility index (Phi) is 4.44. The molecule has 0 bridgehead atoms. The summed E-state index contributed by atoms with van der Waals surface area (Å²) in [5.74, 6) is -1.12. The van der Waals surface area contributed by atoms with Crippen molar-refractivity contribution in [2.24, 2.45) is 5.92 Å². The number of amides is 1. The van der Waals surface area contributed by atoms with Gasteiger partial charge in [-0.15, -0.1) is 0 Å². The van der Waals surface area contributed by atoms with E-state index in [4.69, 9.17) is 5.11 Å². The van der Waals surface area contributed by atoms with Crippen molar-refractivity contribution in [2.45, 2.75) is 19.8 Å². The van der Waals surface area contributed by atoms with Crippen LogP contribution in [0, 0.1) is 5.92 Å². The highest BCUT2D eigenvalue weighted by molar-refractivity contribution is 5.89. The van der Waals surface area contributed by atoms with Crippen molar-refractivity contribution in [2.75, 3.05) is 5.32 Å². The van der Waals surface area contributed by atoms with Gasteiger partial charge in [0.05, 0.1) is 5.92 Å². The quantitative estimate of drug-likeness (QED) is 0.791. The number of nitrogens with one attached hydrogen (secondary N) is 1. The Balaban J connectivity index is 2.35. The first kappa shape index (κ1) is 12.2. The lowest BCUT2D eigenvalue weighted by molar-refractivity contribution is -0.141. The second-order valence-corrected chi connectivity index (χ2v) is 3.54. The van der Waals surface area contributed by atoms with Gasteiger partial charge in [0.15, 0.2) is 0 Å². The molecule has 0 aliphatic heterocycles. The van der Waals surface area contributed by atoms with E-state index in [0.29, 0.717) is 12.2 Å². The largest absolute Gasteiger partial charge is 0.481 e. The molecule has 0 fully saturated rings. The molecule has 0 saturated carbocycles. The highest BCUT2D eigenvalue weighted by Gasteiger charge is 2.12. The molecule has 1 amide bonds. The summed E-state index contributed by atoms with van der Waals surface area (Å²) in [5.41, 5.74) is 0. The highest BCUT2D eigenvalue weighted by Crippen LogP contribution is 2.07. The van der Waals surface area contributed by atoms with Gasteiger partial charge in [-0.2, -0.15) is 0 Å². The number of carboxylic acids is 1. The first-order chi connectivity index (χ1) is 7.59. The SMILES string of the molecule is C[C@H](CCC(=O)Nc1ccccn1)C(=O)O. The first-order valence-electron chi connectivity index (χ1n) is 5.03. The molecule has 5 heteroatoms. The fourth-order valence-electron chi connectivity index (χ4n) is 1.11. The van der Waals surface area contributed by atoms with Crippen LogP contribution >= 0.6 is 0 Å². The third-order valence-electron chi connectivity index (χ3n) is 2.16. The summed E-state index contributed by atoms with van der Waals surface area (Å²) in [6.45, 7) is 1.58. The normalized spacial score (nSPS) is 11.8. The van der Waals surface area contributed by atoms with E-state index >= 15 is 0 Å². The van der Waals surface area contributed by atoms with E-state index < -0.39 is 11.9 Å². The van der Waals surface area contributed by atoms with Crippen LogP contribution in [0.15, 0.2) is 24.4 Å². The van der Waals surface area contributed by atoms with Crippen LogP contribution in [0.4, 0.5) is 5.82 Å². The molecular formula is C11H14N2O3. The summed E-state index contributed by atoms with van der Waals surface area (Å²) in [5, 5.41) is 11.2. The Hall–Kier alpha value is -1.91. The van der Waals surface area contributed by atoms with Gasteiger partial charge in [-0.3, -0.25) is 9.59 Å². The second kappa shape index (κ2) is 5.85. The van der Waals surface area contributed by atoms with Gasteiger partial charge in [-0.1, -0.05) is 13.0 Å². The van der Waals surface area contributed by atoms with Crippen LogP contribution in [-0.4, -0.2) is 22.0 Å². The fourth-order valence-corrected chi connectivity index (χ4v) is 1.11. The van der Waals surface area contributed by atoms with E-state index in [1.165, 1.54) is 0 Å². The Morgan fingerprint density at radius 2 is 2.25 bits per heavy atom. The average molecular weight is 222 g/mol. The Labute approximate surface area is 93.5 Å². The maximum absolute atomic E-state index is 11.4. The summed E-state index contributed by atoms with van der Waals surface area (Å²) in [6, 6.07) is 5.20. The second-order valence-electron chi connectivity index (χ2n) is 3.54. The number of hydrogen-bond donors (Lipinski definition) is 2. The standard InChI is InChI=1S/C11H14N2O3/c1-8(11(15)16)5-6-10(14)13-9-4-2-3-7-12-9/h2-4,7-8H,5-6H2,1H3,(H,15,16)(H,12,13,14)/t8-/m1/s1. The minimum Gasteiger partial charge on any atom is -0.481 e. The maximum atomic E-state index is 11.4. The molecule has 86 valence electrons. The molecule has 0 aliphatic carbocycles. The number of aromatic nitrogens is 1. The number of nitrogens with zero attached hydrogens (tertiary/aromatic N) is 1. The van der Waals surface area contributed by atoms with Crippen molar-refractivity contribution in [3.05, 3.63) is 24.4 Å². The Bertz CT molecular complexity index is 365. The van der Waals surface area contributed by atoms with E-state index in [1.54, 1.807) is 31.3 Å². The fraction of sp³-hybridized carbons (Fsp3) is 0.364. The van der Waals surface area contributed by atoms with Gasteiger partial charge in [0.25, 0.3) is 0 Å². The van der Waals surface area contributed by atoms with Crippen molar-refractivity contribution < 1.29 is 14.7 Å². The third-order valence-corrected chi connectivity index (χ3v) is 2.16. The average Bonchev–Trinajstić information content (AvgIpc) is 2.27. The molecule has 1 aromatic heterocycles. The molecule has 16 heavy (non-hydrogen) atoms. The van der Waals surface area contributed by atoms with Crippen LogP contribution in [-0.2, 0) is 9.59 Å². The van der Waals surface area contributed by atoms with Gasteiger partial charge < -0.3 is 10.4 Å². The Morgan fingerprint density at radius 3 is 2.81 bits per heavy atom. The van der Waals surface area contributed by atoms with E-state index in [9.17, 15) is 9.59 Å². The molecule has 5 nitrogen and oxygen atoms in total. The first-order valence-corrected chi connectivity index (χ1v) is 5.03. The highest BCUT2D eigenvalue weighted by atomic mass is 16.4. The van der Waals surface area contributed by atoms with Gasteiger partial charge >= 0.3 is 5.97 Å². The number of carboxylic acid groups (broad SMARTS) is 1. The zero-order valence-corrected chi connectivity index (χ0v) is 9.01. The topological polar surface area (TPSA) is 79.3 Å². The molecule has 1 heterocycles. The molecule has 2 N–H and O–H groups in total. The summed E-state index contributed by atoms with van der Waals surface area (Å²) in [4.78, 5) is 25.9. The van der Waals surface area contributed by atoms with Crippen LogP contribution in [0.3, 0.4) is 0 Å².